The number of hydrogen-bond acceptors (Lipinski definition) is 2. The molecule has 4 aliphatic rings. The molecule has 1 atom stereocenters. The summed E-state index contributed by atoms with van der Waals surface area (Å²) < 4.78 is 2.05. The number of nitrogens with one attached hydrogen (secondary N) is 2. The van der Waals surface area contributed by atoms with Gasteiger partial charge in [-0.15, -0.1) is 0 Å². The third-order valence-corrected chi connectivity index (χ3v) is 9.63. The van der Waals surface area contributed by atoms with Crippen LogP contribution in [0.3, 0.4) is 0 Å². The van der Waals surface area contributed by atoms with E-state index in [1.165, 1.54) is 6.42 Å². The molecule has 0 spiro atoms. The van der Waals surface area contributed by atoms with Crippen LogP contribution in [0.2, 0.25) is 0 Å². The van der Waals surface area contributed by atoms with Crippen molar-refractivity contribution in [3.05, 3.63) is 60.0 Å². The fraction of sp³-hybridized carbons (Fsp3) is 0.533. The quantitative estimate of drug-likeness (QED) is 0.406. The predicted molar refractivity (Wildman–Crippen MR) is 143 cm³/mol. The van der Waals surface area contributed by atoms with Crippen LogP contribution in [0.5, 0.6) is 0 Å². The molecule has 1 aromatic carbocycles. The van der Waals surface area contributed by atoms with Crippen LogP contribution in [0, 0.1) is 23.7 Å². The monoisotopic (exact) mass is 502 g/mol. The minimum absolute atomic E-state index is 0.0980. The van der Waals surface area contributed by atoms with Crippen molar-refractivity contribution >= 4 is 22.9 Å². The Morgan fingerprint density at radius 3 is 2.43 bits per heavy atom. The lowest BCUT2D eigenvalue weighted by Gasteiger charge is -2.59. The summed E-state index contributed by atoms with van der Waals surface area (Å²) in [6.07, 6.45) is 9.69. The lowest BCUT2D eigenvalue weighted by Crippen LogP contribution is -2.68. The number of aromatic nitrogens is 2. The van der Waals surface area contributed by atoms with Gasteiger partial charge in [-0.05, 0) is 86.5 Å². The number of rotatable bonds is 8. The SMILES string of the molecule is Cn1cccc1CCNC(=O)C(C)(Cc1c[nH]c2ccccc12)N(C(=O)O)C1C2CC3CC(C2)CC1C3. The van der Waals surface area contributed by atoms with Gasteiger partial charge in [0, 0.05) is 61.5 Å². The molecule has 4 saturated carbocycles. The Morgan fingerprint density at radius 1 is 1.08 bits per heavy atom. The highest BCUT2D eigenvalue weighted by Gasteiger charge is 2.56. The third-order valence-electron chi connectivity index (χ3n) is 9.63. The molecule has 0 saturated heterocycles. The average molecular weight is 503 g/mol. The van der Waals surface area contributed by atoms with Crippen molar-refractivity contribution in [1.29, 1.82) is 0 Å². The van der Waals surface area contributed by atoms with Crippen molar-refractivity contribution in [1.82, 2.24) is 19.8 Å². The van der Waals surface area contributed by atoms with Crippen LogP contribution in [0.25, 0.3) is 10.9 Å². The van der Waals surface area contributed by atoms with Crippen LogP contribution >= 0.6 is 0 Å². The summed E-state index contributed by atoms with van der Waals surface area (Å²) in [4.78, 5) is 32.1. The van der Waals surface area contributed by atoms with E-state index in [1.807, 2.05) is 56.7 Å². The van der Waals surface area contributed by atoms with E-state index in [9.17, 15) is 14.7 Å². The average Bonchev–Trinajstić information content (AvgIpc) is 3.46. The second-order valence-corrected chi connectivity index (χ2v) is 12.0. The van der Waals surface area contributed by atoms with Crippen molar-refractivity contribution in [2.45, 2.75) is 63.5 Å². The molecule has 0 radical (unpaired) electrons. The third kappa shape index (κ3) is 4.22. The molecule has 1 unspecified atom stereocenters. The molecular weight excluding hydrogens is 464 g/mol. The van der Waals surface area contributed by atoms with E-state index in [0.717, 1.165) is 59.7 Å². The maximum atomic E-state index is 14.1. The first-order valence-electron chi connectivity index (χ1n) is 13.8. The zero-order valence-electron chi connectivity index (χ0n) is 21.8. The van der Waals surface area contributed by atoms with Gasteiger partial charge in [0.25, 0.3) is 0 Å². The Balaban J connectivity index is 1.33. The molecule has 196 valence electrons. The fourth-order valence-electron chi connectivity index (χ4n) is 8.16. The van der Waals surface area contributed by atoms with Crippen molar-refractivity contribution in [2.75, 3.05) is 6.54 Å². The lowest BCUT2D eigenvalue weighted by molar-refractivity contribution is -0.140. The lowest BCUT2D eigenvalue weighted by atomic mass is 9.53. The summed E-state index contributed by atoms with van der Waals surface area (Å²) >= 11 is 0. The van der Waals surface area contributed by atoms with Crippen LogP contribution in [-0.2, 0) is 24.7 Å². The highest BCUT2D eigenvalue weighted by Crippen LogP contribution is 2.56. The van der Waals surface area contributed by atoms with E-state index in [1.54, 1.807) is 4.90 Å². The van der Waals surface area contributed by atoms with E-state index in [2.05, 4.69) is 20.9 Å². The molecule has 2 aromatic heterocycles. The first-order valence-corrected chi connectivity index (χ1v) is 13.8. The number of fused-ring (bicyclic) bond motifs is 1. The van der Waals surface area contributed by atoms with Gasteiger partial charge in [0.05, 0.1) is 0 Å². The van der Waals surface area contributed by atoms with Gasteiger partial charge in [-0.25, -0.2) is 4.79 Å². The standard InChI is InChI=1S/C30H38N4O3/c1-30(17-23-18-32-26-8-4-3-7-25(23)26,28(35)31-10-9-24-6-5-11-33(24)2)34(29(36)37)27-21-13-19-12-20(15-21)16-22(27)14-19/h3-8,11,18-22,27,32H,9-10,12-17H2,1-2H3,(H,31,35)(H,36,37). The van der Waals surface area contributed by atoms with Gasteiger partial charge in [-0.3, -0.25) is 9.69 Å². The highest BCUT2D eigenvalue weighted by molar-refractivity contribution is 5.91. The van der Waals surface area contributed by atoms with Gasteiger partial charge < -0.3 is 20.0 Å². The number of amides is 2. The van der Waals surface area contributed by atoms with Crippen LogP contribution in [0.1, 0.15) is 50.3 Å². The molecule has 7 heteroatoms. The molecule has 4 aliphatic carbocycles. The van der Waals surface area contributed by atoms with Gasteiger partial charge in [-0.1, -0.05) is 18.2 Å². The van der Waals surface area contributed by atoms with Gasteiger partial charge in [-0.2, -0.15) is 0 Å². The number of carboxylic acid groups (broad SMARTS) is 1. The maximum Gasteiger partial charge on any atom is 0.408 e. The van der Waals surface area contributed by atoms with E-state index in [4.69, 9.17) is 0 Å². The number of H-pyrrole nitrogens is 1. The van der Waals surface area contributed by atoms with E-state index >= 15 is 0 Å². The first kappa shape index (κ1) is 24.1. The molecule has 37 heavy (non-hydrogen) atoms. The molecule has 2 heterocycles. The Hall–Kier alpha value is -3.22. The number of nitrogens with zero attached hydrogens (tertiary/aromatic N) is 2. The summed E-state index contributed by atoms with van der Waals surface area (Å²) in [5, 5.41) is 14.9. The first-order chi connectivity index (χ1) is 17.8. The second-order valence-electron chi connectivity index (χ2n) is 12.0. The van der Waals surface area contributed by atoms with Gasteiger partial charge in [0.1, 0.15) is 5.54 Å². The number of aromatic amines is 1. The number of hydrogen-bond donors (Lipinski definition) is 3. The zero-order chi connectivity index (χ0) is 25.7. The summed E-state index contributed by atoms with van der Waals surface area (Å²) in [5.41, 5.74) is 1.89. The van der Waals surface area contributed by atoms with Crippen molar-refractivity contribution in [3.8, 4) is 0 Å². The van der Waals surface area contributed by atoms with Crippen LogP contribution in [0.4, 0.5) is 4.79 Å². The Kier molecular flexibility index (Phi) is 6.04. The van der Waals surface area contributed by atoms with E-state index < -0.39 is 11.6 Å². The van der Waals surface area contributed by atoms with E-state index in [0.29, 0.717) is 31.2 Å². The summed E-state index contributed by atoms with van der Waals surface area (Å²) in [6.45, 7) is 2.32. The molecule has 3 aromatic rings. The zero-order valence-corrected chi connectivity index (χ0v) is 21.8. The van der Waals surface area contributed by atoms with Crippen LogP contribution in [-0.4, -0.2) is 49.7 Å². The largest absolute Gasteiger partial charge is 0.465 e. The highest BCUT2D eigenvalue weighted by atomic mass is 16.4. The van der Waals surface area contributed by atoms with Crippen molar-refractivity contribution in [2.24, 2.45) is 30.7 Å². The molecule has 3 N–H and O–H groups in total. The number of carbonyl (C=O) groups is 2. The molecular formula is C30H38N4O3. The minimum Gasteiger partial charge on any atom is -0.465 e. The summed E-state index contributed by atoms with van der Waals surface area (Å²) in [6, 6.07) is 12.0. The normalized spacial score (nSPS) is 27.8. The number of aryl methyl sites for hydroxylation is 1. The molecule has 4 bridgehead atoms. The van der Waals surface area contributed by atoms with Crippen molar-refractivity contribution < 1.29 is 14.7 Å². The fourth-order valence-corrected chi connectivity index (χ4v) is 8.16. The van der Waals surface area contributed by atoms with Crippen molar-refractivity contribution in [3.63, 3.8) is 0 Å². The number of para-hydroxylation sites is 1. The second kappa shape index (κ2) is 9.26. The Morgan fingerprint density at radius 2 is 1.78 bits per heavy atom. The van der Waals surface area contributed by atoms with Gasteiger partial charge in [0.2, 0.25) is 5.91 Å². The predicted octanol–water partition coefficient (Wildman–Crippen LogP) is 4.97. The molecule has 7 nitrogen and oxygen atoms in total. The van der Waals surface area contributed by atoms with Crippen LogP contribution in [0.15, 0.2) is 48.8 Å². The Bertz CT molecular complexity index is 1280. The summed E-state index contributed by atoms with van der Waals surface area (Å²) in [5.74, 6) is 1.96. The molecule has 0 aliphatic heterocycles. The van der Waals surface area contributed by atoms with Gasteiger partial charge >= 0.3 is 6.09 Å². The van der Waals surface area contributed by atoms with E-state index in [-0.39, 0.29) is 11.9 Å². The van der Waals surface area contributed by atoms with Crippen LogP contribution < -0.4 is 5.32 Å². The summed E-state index contributed by atoms with van der Waals surface area (Å²) in [7, 11) is 2.00. The molecule has 4 fully saturated rings. The van der Waals surface area contributed by atoms with Gasteiger partial charge in [0.15, 0.2) is 0 Å². The Labute approximate surface area is 218 Å². The molecule has 2 amide bonds. The topological polar surface area (TPSA) is 90.4 Å². The maximum absolute atomic E-state index is 14.1. The molecule has 7 rings (SSSR count). The minimum atomic E-state index is -1.22. The smallest absolute Gasteiger partial charge is 0.408 e. The number of benzene rings is 1. The number of carbonyl (C=O) groups excluding carboxylic acids is 1.